The number of aromatic nitrogens is 3. The van der Waals surface area contributed by atoms with E-state index < -0.39 is 11.8 Å². The van der Waals surface area contributed by atoms with Crippen molar-refractivity contribution < 1.29 is 13.9 Å². The van der Waals surface area contributed by atoms with Gasteiger partial charge in [-0.15, -0.1) is 0 Å². The molecule has 0 amide bonds. The average molecular weight is 378 g/mol. The minimum absolute atomic E-state index is 0.106. The minimum atomic E-state index is -0.561. The van der Waals surface area contributed by atoms with Gasteiger partial charge in [-0.3, -0.25) is 0 Å². The van der Waals surface area contributed by atoms with Crippen molar-refractivity contribution in [3.63, 3.8) is 0 Å². The molecule has 0 bridgehead atoms. The summed E-state index contributed by atoms with van der Waals surface area (Å²) >= 11 is 7.08. The monoisotopic (exact) mass is 377 g/mol. The molecule has 0 unspecified atom stereocenters. The number of rotatable bonds is 5. The van der Waals surface area contributed by atoms with Crippen LogP contribution in [0, 0.1) is 5.82 Å². The molecular formula is C17H13ClFN3O2S. The lowest BCUT2D eigenvalue weighted by Crippen LogP contribution is -2.07. The second-order valence-electron chi connectivity index (χ2n) is 4.87. The second kappa shape index (κ2) is 7.67. The Morgan fingerprint density at radius 1 is 1.32 bits per heavy atom. The largest absolute Gasteiger partial charge is 0.461 e. The Morgan fingerprint density at radius 2 is 2.12 bits per heavy atom. The molecule has 128 valence electrons. The van der Waals surface area contributed by atoms with Crippen molar-refractivity contribution >= 4 is 29.3 Å². The highest BCUT2D eigenvalue weighted by Gasteiger charge is 2.19. The summed E-state index contributed by atoms with van der Waals surface area (Å²) in [6.45, 7) is 1.94. The first-order chi connectivity index (χ1) is 12.1. The van der Waals surface area contributed by atoms with Crippen molar-refractivity contribution in [2.45, 2.75) is 16.8 Å². The lowest BCUT2D eigenvalue weighted by atomic mass is 10.3. The lowest BCUT2D eigenvalue weighted by Gasteiger charge is -2.07. The van der Waals surface area contributed by atoms with Gasteiger partial charge in [0.25, 0.3) is 0 Å². The number of benzene rings is 1. The van der Waals surface area contributed by atoms with Gasteiger partial charge in [0.2, 0.25) is 0 Å². The Hall–Kier alpha value is -2.38. The van der Waals surface area contributed by atoms with Crippen molar-refractivity contribution in [1.29, 1.82) is 0 Å². The van der Waals surface area contributed by atoms with E-state index in [0.29, 0.717) is 10.2 Å². The number of esters is 1. The van der Waals surface area contributed by atoms with Crippen LogP contribution >= 0.6 is 23.4 Å². The predicted octanol–water partition coefficient (Wildman–Crippen LogP) is 4.39. The van der Waals surface area contributed by atoms with Crippen LogP contribution in [-0.4, -0.2) is 27.3 Å². The highest BCUT2D eigenvalue weighted by molar-refractivity contribution is 7.99. The van der Waals surface area contributed by atoms with Gasteiger partial charge in [-0.25, -0.2) is 18.9 Å². The Balaban J connectivity index is 2.03. The van der Waals surface area contributed by atoms with Crippen LogP contribution in [0.25, 0.3) is 5.69 Å². The third-order valence-corrected chi connectivity index (χ3v) is 4.37. The maximum absolute atomic E-state index is 14.2. The van der Waals surface area contributed by atoms with Gasteiger partial charge in [-0.1, -0.05) is 35.5 Å². The molecule has 3 aromatic rings. The molecule has 3 rings (SSSR count). The normalized spacial score (nSPS) is 10.7. The molecule has 0 N–H and O–H groups in total. The summed E-state index contributed by atoms with van der Waals surface area (Å²) < 4.78 is 20.5. The highest BCUT2D eigenvalue weighted by Crippen LogP contribution is 2.31. The lowest BCUT2D eigenvalue weighted by molar-refractivity contribution is 0.0519. The summed E-state index contributed by atoms with van der Waals surface area (Å²) in [5, 5.41) is 5.14. The summed E-state index contributed by atoms with van der Waals surface area (Å²) in [7, 11) is 0. The fourth-order valence-corrected chi connectivity index (χ4v) is 3.07. The summed E-state index contributed by atoms with van der Waals surface area (Å²) in [4.78, 5) is 16.8. The van der Waals surface area contributed by atoms with Crippen molar-refractivity contribution in [1.82, 2.24) is 14.8 Å². The van der Waals surface area contributed by atoms with Gasteiger partial charge < -0.3 is 4.74 Å². The van der Waals surface area contributed by atoms with Crippen molar-refractivity contribution in [2.24, 2.45) is 0 Å². The van der Waals surface area contributed by atoms with E-state index in [1.54, 1.807) is 49.5 Å². The number of para-hydroxylation sites is 1. The molecule has 2 heterocycles. The van der Waals surface area contributed by atoms with E-state index in [-0.39, 0.29) is 18.0 Å². The van der Waals surface area contributed by atoms with Crippen LogP contribution in [0.4, 0.5) is 4.39 Å². The van der Waals surface area contributed by atoms with Crippen molar-refractivity contribution in [3.8, 4) is 5.69 Å². The predicted molar refractivity (Wildman–Crippen MR) is 92.8 cm³/mol. The van der Waals surface area contributed by atoms with Gasteiger partial charge in [0.1, 0.15) is 21.7 Å². The number of pyridine rings is 1. The van der Waals surface area contributed by atoms with E-state index in [1.807, 2.05) is 0 Å². The molecule has 8 heteroatoms. The first kappa shape index (κ1) is 17.4. The molecule has 0 aliphatic carbocycles. The van der Waals surface area contributed by atoms with Crippen LogP contribution in [-0.2, 0) is 4.74 Å². The molecular weight excluding hydrogens is 365 g/mol. The third-order valence-electron chi connectivity index (χ3n) is 3.16. The van der Waals surface area contributed by atoms with Crippen molar-refractivity contribution in [2.75, 3.05) is 6.61 Å². The molecule has 0 aliphatic heterocycles. The standard InChI is InChI=1S/C17H13ClFN3O2S/c1-2-24-17(23)13-9-16(25-11-7-8-15(18)20-10-11)22(21-13)14-6-4-3-5-12(14)19/h3-10H,2H2,1H3. The smallest absolute Gasteiger partial charge is 0.358 e. The Kier molecular flexibility index (Phi) is 5.35. The molecule has 2 aromatic heterocycles. The zero-order chi connectivity index (χ0) is 17.8. The molecule has 25 heavy (non-hydrogen) atoms. The fourth-order valence-electron chi connectivity index (χ4n) is 2.08. The summed E-state index contributed by atoms with van der Waals surface area (Å²) in [5.74, 6) is -1.01. The number of ether oxygens (including phenoxy) is 1. The second-order valence-corrected chi connectivity index (χ2v) is 6.35. The molecule has 5 nitrogen and oxygen atoms in total. The van der Waals surface area contributed by atoms with E-state index in [9.17, 15) is 9.18 Å². The fraction of sp³-hybridized carbons (Fsp3) is 0.118. The van der Waals surface area contributed by atoms with Gasteiger partial charge in [-0.05, 0) is 31.2 Å². The maximum atomic E-state index is 14.2. The Bertz CT molecular complexity index is 899. The SMILES string of the molecule is CCOC(=O)c1cc(Sc2ccc(Cl)nc2)n(-c2ccccc2F)n1. The molecule has 1 aromatic carbocycles. The third kappa shape index (κ3) is 4.00. The van der Waals surface area contributed by atoms with E-state index in [1.165, 1.54) is 22.5 Å². The molecule has 0 saturated carbocycles. The van der Waals surface area contributed by atoms with Gasteiger partial charge in [-0.2, -0.15) is 5.10 Å². The summed E-state index contributed by atoms with van der Waals surface area (Å²) in [6.07, 6.45) is 1.59. The van der Waals surface area contributed by atoms with Crippen molar-refractivity contribution in [3.05, 3.63) is 65.3 Å². The topological polar surface area (TPSA) is 57.0 Å². The first-order valence-corrected chi connectivity index (χ1v) is 8.59. The van der Waals surface area contributed by atoms with E-state index >= 15 is 0 Å². The first-order valence-electron chi connectivity index (χ1n) is 7.40. The van der Waals surface area contributed by atoms with E-state index in [0.717, 1.165) is 4.90 Å². The molecule has 0 radical (unpaired) electrons. The Labute approximate surface area is 152 Å². The number of carbonyl (C=O) groups excluding carboxylic acids is 1. The molecule has 0 saturated heterocycles. The zero-order valence-corrected chi connectivity index (χ0v) is 14.7. The minimum Gasteiger partial charge on any atom is -0.461 e. The van der Waals surface area contributed by atoms with Crippen LogP contribution in [0.3, 0.4) is 0 Å². The maximum Gasteiger partial charge on any atom is 0.358 e. The van der Waals surface area contributed by atoms with Crippen LogP contribution in [0.5, 0.6) is 0 Å². The number of halogens is 2. The highest BCUT2D eigenvalue weighted by atomic mass is 35.5. The van der Waals surface area contributed by atoms with Gasteiger partial charge >= 0.3 is 5.97 Å². The molecule has 0 fully saturated rings. The number of nitrogens with zero attached hydrogens (tertiary/aromatic N) is 3. The zero-order valence-electron chi connectivity index (χ0n) is 13.1. The van der Waals surface area contributed by atoms with Crippen LogP contribution < -0.4 is 0 Å². The molecule has 0 spiro atoms. The van der Waals surface area contributed by atoms with E-state index in [4.69, 9.17) is 16.3 Å². The van der Waals surface area contributed by atoms with Gasteiger partial charge in [0.15, 0.2) is 5.69 Å². The van der Waals surface area contributed by atoms with E-state index in [2.05, 4.69) is 10.1 Å². The number of carbonyl (C=O) groups is 1. The summed E-state index contributed by atoms with van der Waals surface area (Å²) in [5.41, 5.74) is 0.344. The summed E-state index contributed by atoms with van der Waals surface area (Å²) in [6, 6.07) is 11.2. The number of hydrogen-bond acceptors (Lipinski definition) is 5. The Morgan fingerprint density at radius 3 is 2.80 bits per heavy atom. The average Bonchev–Trinajstić information content (AvgIpc) is 3.01. The van der Waals surface area contributed by atoms with Gasteiger partial charge in [0, 0.05) is 17.2 Å². The van der Waals surface area contributed by atoms with Crippen LogP contribution in [0.15, 0.2) is 58.6 Å². The quantitative estimate of drug-likeness (QED) is 0.487. The molecule has 0 aliphatic rings. The molecule has 0 atom stereocenters. The van der Waals surface area contributed by atoms with Gasteiger partial charge in [0.05, 0.1) is 6.61 Å². The van der Waals surface area contributed by atoms with Crippen LogP contribution in [0.1, 0.15) is 17.4 Å². The van der Waals surface area contributed by atoms with Crippen LogP contribution in [0.2, 0.25) is 5.15 Å². The number of hydrogen-bond donors (Lipinski definition) is 0.